The summed E-state index contributed by atoms with van der Waals surface area (Å²) in [6.45, 7) is 1.81. The molecular formula is C13H11FO. The molecule has 0 saturated carbocycles. The van der Waals surface area contributed by atoms with E-state index in [1.807, 2.05) is 19.1 Å². The number of hydrogen-bond donors (Lipinski definition) is 0. The molecule has 1 atom stereocenters. The van der Waals surface area contributed by atoms with Crippen molar-refractivity contribution in [1.29, 1.82) is 0 Å². The predicted molar refractivity (Wildman–Crippen MR) is 58.4 cm³/mol. The lowest BCUT2D eigenvalue weighted by Gasteiger charge is -2.08. The van der Waals surface area contributed by atoms with Crippen LogP contribution in [0.1, 0.15) is 18.4 Å². The molecule has 0 aliphatic carbocycles. The smallest absolute Gasteiger partial charge is 0.131 e. The minimum absolute atomic E-state index is 0.199. The summed E-state index contributed by atoms with van der Waals surface area (Å²) in [7, 11) is 0. The van der Waals surface area contributed by atoms with E-state index in [1.54, 1.807) is 18.2 Å². The van der Waals surface area contributed by atoms with E-state index in [4.69, 9.17) is 0 Å². The molecule has 2 rings (SSSR count). The van der Waals surface area contributed by atoms with Gasteiger partial charge in [0, 0.05) is 11.3 Å². The summed E-state index contributed by atoms with van der Waals surface area (Å²) in [6, 6.07) is 10.3. The van der Waals surface area contributed by atoms with Crippen molar-refractivity contribution >= 4 is 17.1 Å². The Morgan fingerprint density at radius 2 is 1.80 bits per heavy atom. The van der Waals surface area contributed by atoms with E-state index >= 15 is 0 Å². The second-order valence-electron chi connectivity index (χ2n) is 3.61. The van der Waals surface area contributed by atoms with Crippen molar-refractivity contribution < 1.29 is 9.18 Å². The van der Waals surface area contributed by atoms with Gasteiger partial charge in [-0.25, -0.2) is 4.39 Å². The predicted octanol–water partition coefficient (Wildman–Crippen LogP) is 3.28. The number of carbonyl (C=O) groups is 1. The van der Waals surface area contributed by atoms with Crippen LogP contribution in [0.2, 0.25) is 0 Å². The van der Waals surface area contributed by atoms with E-state index in [-0.39, 0.29) is 11.7 Å². The molecule has 0 heterocycles. The molecule has 2 aromatic rings. The minimum atomic E-state index is -0.243. The van der Waals surface area contributed by atoms with Crippen LogP contribution in [0.5, 0.6) is 0 Å². The second kappa shape index (κ2) is 3.81. The van der Waals surface area contributed by atoms with Gasteiger partial charge in [0.05, 0.1) is 0 Å². The lowest BCUT2D eigenvalue weighted by molar-refractivity contribution is -0.108. The standard InChI is InChI=1S/C13H11FO/c1-9(8-15)10-4-2-6-12-11(10)5-3-7-13(12)14/h2-9H,1H3. The van der Waals surface area contributed by atoms with Gasteiger partial charge in [-0.2, -0.15) is 0 Å². The molecule has 0 radical (unpaired) electrons. The zero-order valence-electron chi connectivity index (χ0n) is 8.41. The van der Waals surface area contributed by atoms with E-state index in [2.05, 4.69) is 0 Å². The Labute approximate surface area is 87.5 Å². The van der Waals surface area contributed by atoms with E-state index in [9.17, 15) is 9.18 Å². The fraction of sp³-hybridized carbons (Fsp3) is 0.154. The first-order valence-electron chi connectivity index (χ1n) is 4.86. The summed E-state index contributed by atoms with van der Waals surface area (Å²) in [5.74, 6) is -0.442. The van der Waals surface area contributed by atoms with E-state index in [0.29, 0.717) is 5.39 Å². The molecule has 0 aromatic heterocycles. The number of benzene rings is 2. The van der Waals surface area contributed by atoms with Crippen molar-refractivity contribution in [3.05, 3.63) is 47.8 Å². The van der Waals surface area contributed by atoms with Crippen LogP contribution in [0.3, 0.4) is 0 Å². The van der Waals surface area contributed by atoms with Gasteiger partial charge in [0.15, 0.2) is 0 Å². The molecule has 76 valence electrons. The van der Waals surface area contributed by atoms with E-state index in [1.165, 1.54) is 6.07 Å². The van der Waals surface area contributed by atoms with Gasteiger partial charge >= 0.3 is 0 Å². The monoisotopic (exact) mass is 202 g/mol. The van der Waals surface area contributed by atoms with Gasteiger partial charge in [0.25, 0.3) is 0 Å². The topological polar surface area (TPSA) is 17.1 Å². The molecule has 0 aliphatic rings. The molecule has 0 aliphatic heterocycles. The Bertz CT molecular complexity index is 505. The normalized spacial score (nSPS) is 12.7. The first-order chi connectivity index (χ1) is 7.24. The highest BCUT2D eigenvalue weighted by atomic mass is 19.1. The Morgan fingerprint density at radius 1 is 1.13 bits per heavy atom. The molecular weight excluding hydrogens is 191 g/mol. The number of carbonyl (C=O) groups excluding carboxylic acids is 1. The van der Waals surface area contributed by atoms with Gasteiger partial charge in [0.2, 0.25) is 0 Å². The molecule has 0 N–H and O–H groups in total. The zero-order valence-corrected chi connectivity index (χ0v) is 8.41. The number of halogens is 1. The molecule has 1 unspecified atom stereocenters. The average Bonchev–Trinajstić information content (AvgIpc) is 2.28. The molecule has 2 aromatic carbocycles. The Hall–Kier alpha value is -1.70. The van der Waals surface area contributed by atoms with Crippen LogP contribution in [0.25, 0.3) is 10.8 Å². The van der Waals surface area contributed by atoms with Crippen molar-refractivity contribution in [2.24, 2.45) is 0 Å². The largest absolute Gasteiger partial charge is 0.303 e. The number of fused-ring (bicyclic) bond motifs is 1. The third-order valence-corrected chi connectivity index (χ3v) is 2.60. The SMILES string of the molecule is CC(C=O)c1cccc2c(F)cccc12. The van der Waals surface area contributed by atoms with E-state index in [0.717, 1.165) is 17.2 Å². The van der Waals surface area contributed by atoms with Crippen molar-refractivity contribution in [3.8, 4) is 0 Å². The van der Waals surface area contributed by atoms with Crippen LogP contribution >= 0.6 is 0 Å². The Morgan fingerprint density at radius 3 is 2.53 bits per heavy atom. The van der Waals surface area contributed by atoms with Crippen molar-refractivity contribution in [2.75, 3.05) is 0 Å². The first kappa shape index (κ1) is 9.84. The van der Waals surface area contributed by atoms with Gasteiger partial charge in [-0.15, -0.1) is 0 Å². The lowest BCUT2D eigenvalue weighted by atomic mass is 9.96. The van der Waals surface area contributed by atoms with Crippen LogP contribution in [-0.2, 0) is 4.79 Å². The maximum Gasteiger partial charge on any atom is 0.131 e. The summed E-state index contributed by atoms with van der Waals surface area (Å²) in [4.78, 5) is 10.7. The Kier molecular flexibility index (Phi) is 2.50. The minimum Gasteiger partial charge on any atom is -0.303 e. The molecule has 0 fully saturated rings. The number of aldehydes is 1. The average molecular weight is 202 g/mol. The van der Waals surface area contributed by atoms with Crippen molar-refractivity contribution in [1.82, 2.24) is 0 Å². The summed E-state index contributed by atoms with van der Waals surface area (Å²) in [5, 5.41) is 1.39. The van der Waals surface area contributed by atoms with Crippen molar-refractivity contribution in [2.45, 2.75) is 12.8 Å². The highest BCUT2D eigenvalue weighted by Gasteiger charge is 2.09. The third kappa shape index (κ3) is 1.63. The van der Waals surface area contributed by atoms with Crippen LogP contribution in [0.15, 0.2) is 36.4 Å². The van der Waals surface area contributed by atoms with E-state index < -0.39 is 0 Å². The molecule has 0 saturated heterocycles. The third-order valence-electron chi connectivity index (χ3n) is 2.60. The highest BCUT2D eigenvalue weighted by molar-refractivity contribution is 5.88. The molecule has 1 nitrogen and oxygen atoms in total. The molecule has 2 heteroatoms. The lowest BCUT2D eigenvalue weighted by Crippen LogP contribution is -1.95. The van der Waals surface area contributed by atoms with Crippen molar-refractivity contribution in [3.63, 3.8) is 0 Å². The second-order valence-corrected chi connectivity index (χ2v) is 3.61. The maximum absolute atomic E-state index is 13.4. The molecule has 0 amide bonds. The number of rotatable bonds is 2. The molecule has 0 spiro atoms. The zero-order chi connectivity index (χ0) is 10.8. The van der Waals surface area contributed by atoms with Crippen LogP contribution in [0, 0.1) is 5.82 Å². The quantitative estimate of drug-likeness (QED) is 0.683. The van der Waals surface area contributed by atoms with Crippen LogP contribution in [0.4, 0.5) is 4.39 Å². The Balaban J connectivity index is 2.76. The summed E-state index contributed by atoms with van der Waals surface area (Å²) in [5.41, 5.74) is 0.877. The highest BCUT2D eigenvalue weighted by Crippen LogP contribution is 2.25. The van der Waals surface area contributed by atoms with Crippen LogP contribution in [-0.4, -0.2) is 6.29 Å². The first-order valence-corrected chi connectivity index (χ1v) is 4.86. The van der Waals surface area contributed by atoms with Gasteiger partial charge in [-0.1, -0.05) is 37.3 Å². The van der Waals surface area contributed by atoms with Gasteiger partial charge < -0.3 is 4.79 Å². The number of hydrogen-bond acceptors (Lipinski definition) is 1. The van der Waals surface area contributed by atoms with Crippen LogP contribution < -0.4 is 0 Å². The fourth-order valence-corrected chi connectivity index (χ4v) is 1.77. The fourth-order valence-electron chi connectivity index (χ4n) is 1.77. The summed E-state index contributed by atoms with van der Waals surface area (Å²) < 4.78 is 13.4. The molecule has 0 bridgehead atoms. The maximum atomic E-state index is 13.4. The summed E-state index contributed by atoms with van der Waals surface area (Å²) >= 11 is 0. The van der Waals surface area contributed by atoms with Gasteiger partial charge in [-0.3, -0.25) is 0 Å². The summed E-state index contributed by atoms with van der Waals surface area (Å²) in [6.07, 6.45) is 0.875. The molecule has 15 heavy (non-hydrogen) atoms. The van der Waals surface area contributed by atoms with Gasteiger partial charge in [-0.05, 0) is 17.0 Å². The van der Waals surface area contributed by atoms with Gasteiger partial charge in [0.1, 0.15) is 12.1 Å².